The third kappa shape index (κ3) is 4.59. The van der Waals surface area contributed by atoms with Crippen LogP contribution in [0.2, 0.25) is 0 Å². The summed E-state index contributed by atoms with van der Waals surface area (Å²) in [6.07, 6.45) is 0.938. The van der Waals surface area contributed by atoms with Crippen LogP contribution in [0.1, 0.15) is 18.1 Å². The number of benzene rings is 3. The molecule has 1 fully saturated rings. The molecule has 1 saturated heterocycles. The van der Waals surface area contributed by atoms with Gasteiger partial charge < -0.3 is 10.1 Å². The second-order valence-electron chi connectivity index (χ2n) is 7.50. The molecule has 1 N–H and O–H groups in total. The van der Waals surface area contributed by atoms with E-state index in [-0.39, 0.29) is 0 Å². The number of nitriles is 1. The average molecular weight is 386 g/mol. The Morgan fingerprint density at radius 1 is 1.00 bits per heavy atom. The van der Waals surface area contributed by atoms with E-state index in [2.05, 4.69) is 71.7 Å². The Bertz CT molecular complexity index is 1030. The molecule has 3 aromatic rings. The largest absolute Gasteiger partial charge is 0.384 e. The molecule has 0 amide bonds. The monoisotopic (exact) mass is 385 g/mol. The van der Waals surface area contributed by atoms with E-state index in [0.717, 1.165) is 68.2 Å². The first-order valence-electron chi connectivity index (χ1n) is 10.4. The predicted molar refractivity (Wildman–Crippen MR) is 119 cm³/mol. The van der Waals surface area contributed by atoms with Crippen LogP contribution < -0.4 is 5.32 Å². The van der Waals surface area contributed by atoms with Crippen molar-refractivity contribution in [3.63, 3.8) is 0 Å². The Labute approximate surface area is 172 Å². The zero-order valence-electron chi connectivity index (χ0n) is 16.9. The maximum Gasteiger partial charge on any atom is 0.0998 e. The first-order chi connectivity index (χ1) is 14.3. The van der Waals surface area contributed by atoms with Gasteiger partial charge in [0.05, 0.1) is 24.8 Å². The molecule has 29 heavy (non-hydrogen) atoms. The molecule has 0 bridgehead atoms. The Kier molecular flexibility index (Phi) is 6.09. The van der Waals surface area contributed by atoms with Gasteiger partial charge in [0.25, 0.3) is 0 Å². The molecule has 0 spiro atoms. The molecule has 4 rings (SSSR count). The number of fused-ring (bicyclic) bond motifs is 1. The lowest BCUT2D eigenvalue weighted by atomic mass is 9.95. The van der Waals surface area contributed by atoms with Crippen molar-refractivity contribution in [1.82, 2.24) is 4.90 Å². The lowest BCUT2D eigenvalue weighted by Gasteiger charge is -2.26. The minimum absolute atomic E-state index is 0.741. The summed E-state index contributed by atoms with van der Waals surface area (Å²) >= 11 is 0. The van der Waals surface area contributed by atoms with E-state index in [1.165, 1.54) is 16.3 Å². The van der Waals surface area contributed by atoms with Crippen molar-refractivity contribution >= 4 is 16.5 Å². The number of nitrogens with zero attached hydrogens (tertiary/aromatic N) is 2. The topological polar surface area (TPSA) is 48.3 Å². The third-order valence-corrected chi connectivity index (χ3v) is 5.62. The van der Waals surface area contributed by atoms with Crippen LogP contribution in [0.15, 0.2) is 54.6 Å². The van der Waals surface area contributed by atoms with Gasteiger partial charge in [-0.05, 0) is 58.1 Å². The van der Waals surface area contributed by atoms with E-state index in [1.54, 1.807) is 0 Å². The van der Waals surface area contributed by atoms with Crippen LogP contribution in [0.3, 0.4) is 0 Å². The maximum absolute atomic E-state index is 9.56. The van der Waals surface area contributed by atoms with Crippen LogP contribution in [0.4, 0.5) is 5.69 Å². The van der Waals surface area contributed by atoms with Crippen LogP contribution >= 0.6 is 0 Å². The number of morpholine rings is 1. The van der Waals surface area contributed by atoms with Crippen LogP contribution in [-0.4, -0.2) is 44.3 Å². The van der Waals surface area contributed by atoms with Gasteiger partial charge >= 0.3 is 0 Å². The van der Waals surface area contributed by atoms with E-state index < -0.39 is 0 Å². The minimum atomic E-state index is 0.741. The van der Waals surface area contributed by atoms with Crippen molar-refractivity contribution < 1.29 is 4.74 Å². The minimum Gasteiger partial charge on any atom is -0.384 e. The van der Waals surface area contributed by atoms with E-state index >= 15 is 0 Å². The van der Waals surface area contributed by atoms with Crippen LogP contribution in [-0.2, 0) is 11.2 Å². The Morgan fingerprint density at radius 2 is 1.79 bits per heavy atom. The highest BCUT2D eigenvalue weighted by Gasteiger charge is 2.10. The fourth-order valence-corrected chi connectivity index (χ4v) is 3.86. The summed E-state index contributed by atoms with van der Waals surface area (Å²) in [5.41, 5.74) is 5.16. The molecule has 3 aromatic carbocycles. The summed E-state index contributed by atoms with van der Waals surface area (Å²) in [5, 5.41) is 15.5. The highest BCUT2D eigenvalue weighted by Crippen LogP contribution is 2.29. The van der Waals surface area contributed by atoms with Crippen molar-refractivity contribution in [3.05, 3.63) is 65.7 Å². The highest BCUT2D eigenvalue weighted by atomic mass is 16.5. The van der Waals surface area contributed by atoms with Crippen LogP contribution in [0, 0.1) is 11.3 Å². The zero-order chi connectivity index (χ0) is 20.1. The number of anilines is 1. The van der Waals surface area contributed by atoms with E-state index in [0.29, 0.717) is 0 Å². The second-order valence-corrected chi connectivity index (χ2v) is 7.50. The van der Waals surface area contributed by atoms with Gasteiger partial charge in [0, 0.05) is 31.9 Å². The number of aryl methyl sites for hydroxylation is 1. The lowest BCUT2D eigenvalue weighted by Crippen LogP contribution is -2.38. The lowest BCUT2D eigenvalue weighted by molar-refractivity contribution is 0.0398. The maximum atomic E-state index is 9.56. The molecule has 4 nitrogen and oxygen atoms in total. The van der Waals surface area contributed by atoms with Crippen molar-refractivity contribution in [2.45, 2.75) is 13.3 Å². The first kappa shape index (κ1) is 19.4. The van der Waals surface area contributed by atoms with Gasteiger partial charge in [-0.2, -0.15) is 5.26 Å². The molecule has 1 aliphatic rings. The Morgan fingerprint density at radius 3 is 2.59 bits per heavy atom. The first-order valence-corrected chi connectivity index (χ1v) is 10.4. The molecular formula is C25H27N3O. The number of hydrogen-bond donors (Lipinski definition) is 1. The summed E-state index contributed by atoms with van der Waals surface area (Å²) in [6.45, 7) is 7.79. The molecule has 0 radical (unpaired) electrons. The van der Waals surface area contributed by atoms with E-state index in [4.69, 9.17) is 4.74 Å². The molecule has 1 heterocycles. The molecule has 0 aromatic heterocycles. The van der Waals surface area contributed by atoms with Crippen molar-refractivity contribution in [1.29, 1.82) is 5.26 Å². The molecule has 4 heteroatoms. The van der Waals surface area contributed by atoms with Crippen LogP contribution in [0.25, 0.3) is 21.9 Å². The van der Waals surface area contributed by atoms with Crippen molar-refractivity contribution in [3.8, 4) is 17.2 Å². The number of ether oxygens (including phenoxy) is 1. The van der Waals surface area contributed by atoms with Gasteiger partial charge in [0.1, 0.15) is 0 Å². The van der Waals surface area contributed by atoms with Gasteiger partial charge in [0.15, 0.2) is 0 Å². The van der Waals surface area contributed by atoms with Gasteiger partial charge in [0.2, 0.25) is 0 Å². The van der Waals surface area contributed by atoms with Gasteiger partial charge in [-0.15, -0.1) is 0 Å². The number of rotatable bonds is 6. The standard InChI is InChI=1S/C25H27N3O/c1-2-19-3-8-25(23(15-19)18-26)22-5-4-21-17-24(7-6-20(21)16-22)27-9-10-28-11-13-29-14-12-28/h3-8,15-17,27H,2,9-14H2,1H3. The molecule has 1 aliphatic heterocycles. The zero-order valence-corrected chi connectivity index (χ0v) is 16.9. The van der Waals surface area contributed by atoms with E-state index in [9.17, 15) is 5.26 Å². The smallest absolute Gasteiger partial charge is 0.0998 e. The van der Waals surface area contributed by atoms with E-state index in [1.807, 2.05) is 6.07 Å². The molecule has 0 unspecified atom stereocenters. The van der Waals surface area contributed by atoms with Crippen molar-refractivity contribution in [2.75, 3.05) is 44.7 Å². The molecule has 0 aliphatic carbocycles. The molecule has 0 atom stereocenters. The second kappa shape index (κ2) is 9.09. The van der Waals surface area contributed by atoms with Crippen LogP contribution in [0.5, 0.6) is 0 Å². The van der Waals surface area contributed by atoms with Gasteiger partial charge in [-0.3, -0.25) is 4.90 Å². The fraction of sp³-hybridized carbons (Fsp3) is 0.320. The summed E-state index contributed by atoms with van der Waals surface area (Å²) in [7, 11) is 0. The predicted octanol–water partition coefficient (Wildman–Crippen LogP) is 4.68. The Balaban J connectivity index is 1.49. The summed E-state index contributed by atoms with van der Waals surface area (Å²) in [5.74, 6) is 0. The quantitative estimate of drug-likeness (QED) is 0.669. The summed E-state index contributed by atoms with van der Waals surface area (Å²) in [6, 6.07) is 21.5. The third-order valence-electron chi connectivity index (χ3n) is 5.62. The number of nitrogens with one attached hydrogen (secondary N) is 1. The molecule has 148 valence electrons. The number of hydrogen-bond acceptors (Lipinski definition) is 4. The Hall–Kier alpha value is -2.87. The highest BCUT2D eigenvalue weighted by molar-refractivity contribution is 5.90. The van der Waals surface area contributed by atoms with Crippen molar-refractivity contribution in [2.24, 2.45) is 0 Å². The fourth-order valence-electron chi connectivity index (χ4n) is 3.86. The molecular weight excluding hydrogens is 358 g/mol. The molecule has 0 saturated carbocycles. The average Bonchev–Trinajstić information content (AvgIpc) is 2.79. The summed E-state index contributed by atoms with van der Waals surface area (Å²) in [4.78, 5) is 2.43. The van der Waals surface area contributed by atoms with Gasteiger partial charge in [-0.25, -0.2) is 0 Å². The summed E-state index contributed by atoms with van der Waals surface area (Å²) < 4.78 is 5.40. The van der Waals surface area contributed by atoms with Gasteiger partial charge in [-0.1, -0.05) is 37.3 Å². The normalized spacial score (nSPS) is 14.6. The SMILES string of the molecule is CCc1ccc(-c2ccc3cc(NCCN4CCOCC4)ccc3c2)c(C#N)c1.